The van der Waals surface area contributed by atoms with E-state index in [0.29, 0.717) is 5.33 Å². The number of rotatable bonds is 1. The number of fused-ring (bicyclic) bond motifs is 1. The first-order chi connectivity index (χ1) is 6.72. The van der Waals surface area contributed by atoms with Crippen molar-refractivity contribution >= 4 is 27.5 Å². The fourth-order valence-electron chi connectivity index (χ4n) is 1.52. The summed E-state index contributed by atoms with van der Waals surface area (Å²) in [5.41, 5.74) is 1.08. The lowest BCUT2D eigenvalue weighted by atomic mass is 9.88. The minimum atomic E-state index is -0.419. The molecule has 0 bridgehead atoms. The zero-order chi connectivity index (χ0) is 10.1. The van der Waals surface area contributed by atoms with Crippen LogP contribution in [0.1, 0.15) is 0 Å². The fourth-order valence-corrected chi connectivity index (χ4v) is 2.03. The van der Waals surface area contributed by atoms with Crippen molar-refractivity contribution in [3.8, 4) is 0 Å². The summed E-state index contributed by atoms with van der Waals surface area (Å²) < 4.78 is 13.3. The van der Waals surface area contributed by atoms with E-state index in [1.165, 1.54) is 12.2 Å². The molecule has 1 aliphatic heterocycles. The highest BCUT2D eigenvalue weighted by Gasteiger charge is 2.27. The van der Waals surface area contributed by atoms with E-state index in [2.05, 4.69) is 20.9 Å². The van der Waals surface area contributed by atoms with Gasteiger partial charge in [0.25, 0.3) is 5.91 Å². The molecule has 2 rings (SSSR count). The Kier molecular flexibility index (Phi) is 2.46. The highest BCUT2D eigenvalue weighted by Crippen LogP contribution is 2.28. The summed E-state index contributed by atoms with van der Waals surface area (Å²) in [6, 6.07) is 0. The zero-order valence-electron chi connectivity index (χ0n) is 7.21. The summed E-state index contributed by atoms with van der Waals surface area (Å²) in [6.07, 6.45) is 6.25. The first kappa shape index (κ1) is 9.52. The van der Waals surface area contributed by atoms with Gasteiger partial charge in [-0.3, -0.25) is 4.79 Å². The quantitative estimate of drug-likeness (QED) is 0.662. The van der Waals surface area contributed by atoms with Gasteiger partial charge in [-0.15, -0.1) is 0 Å². The molecular formula is C10H7BrFNO. The van der Waals surface area contributed by atoms with Crippen LogP contribution < -0.4 is 0 Å². The lowest BCUT2D eigenvalue weighted by Crippen LogP contribution is -2.24. The first-order valence-corrected chi connectivity index (χ1v) is 5.28. The lowest BCUT2D eigenvalue weighted by molar-refractivity contribution is -0.113. The molecule has 0 spiro atoms. The Bertz CT molecular complexity index is 406. The Hall–Kier alpha value is -1.03. The van der Waals surface area contributed by atoms with Crippen LogP contribution in [-0.4, -0.2) is 16.9 Å². The molecule has 0 fully saturated rings. The monoisotopic (exact) mass is 255 g/mol. The van der Waals surface area contributed by atoms with Crippen LogP contribution in [0.25, 0.3) is 0 Å². The van der Waals surface area contributed by atoms with Crippen molar-refractivity contribution in [1.29, 1.82) is 0 Å². The van der Waals surface area contributed by atoms with E-state index in [4.69, 9.17) is 0 Å². The molecular weight excluding hydrogens is 249 g/mol. The molecule has 72 valence electrons. The smallest absolute Gasteiger partial charge is 0.267 e. The standard InChI is InChI=1S/C10H7BrFNO/c11-5-6-4-9(14)13-10-7(6)2-1-3-8(10)12/h1-4,7H,5H2. The number of hydrogen-bond donors (Lipinski definition) is 0. The number of carbonyl (C=O) groups excluding carboxylic acids is 1. The second-order valence-electron chi connectivity index (χ2n) is 3.07. The largest absolute Gasteiger partial charge is 0.270 e. The molecule has 0 aromatic rings. The van der Waals surface area contributed by atoms with Gasteiger partial charge < -0.3 is 0 Å². The Morgan fingerprint density at radius 3 is 3.07 bits per heavy atom. The van der Waals surface area contributed by atoms with E-state index in [1.54, 1.807) is 6.08 Å². The van der Waals surface area contributed by atoms with Crippen molar-refractivity contribution in [3.63, 3.8) is 0 Å². The Morgan fingerprint density at radius 2 is 2.36 bits per heavy atom. The summed E-state index contributed by atoms with van der Waals surface area (Å²) in [5, 5.41) is 0.556. The normalized spacial score (nSPS) is 25.1. The molecule has 0 N–H and O–H groups in total. The van der Waals surface area contributed by atoms with Crippen molar-refractivity contribution in [1.82, 2.24) is 0 Å². The van der Waals surface area contributed by atoms with Gasteiger partial charge in [0.05, 0.1) is 5.71 Å². The molecule has 0 aromatic carbocycles. The number of halogens is 2. The van der Waals surface area contributed by atoms with Gasteiger partial charge in [0, 0.05) is 17.3 Å². The van der Waals surface area contributed by atoms with Crippen LogP contribution in [0.2, 0.25) is 0 Å². The van der Waals surface area contributed by atoms with Gasteiger partial charge in [0.15, 0.2) is 0 Å². The molecule has 2 nitrogen and oxygen atoms in total. The second-order valence-corrected chi connectivity index (χ2v) is 3.63. The van der Waals surface area contributed by atoms with Gasteiger partial charge in [-0.25, -0.2) is 9.38 Å². The summed E-state index contributed by atoms with van der Waals surface area (Å²) in [5.74, 6) is -0.987. The highest BCUT2D eigenvalue weighted by molar-refractivity contribution is 9.09. The minimum absolute atomic E-state index is 0.183. The number of nitrogens with zero attached hydrogens (tertiary/aromatic N) is 1. The summed E-state index contributed by atoms with van der Waals surface area (Å²) in [4.78, 5) is 14.8. The average Bonchev–Trinajstić information content (AvgIpc) is 2.18. The van der Waals surface area contributed by atoms with Crippen LogP contribution in [0, 0.1) is 5.92 Å². The Balaban J connectivity index is 2.44. The maximum Gasteiger partial charge on any atom is 0.270 e. The summed E-state index contributed by atoms with van der Waals surface area (Å²) >= 11 is 3.27. The van der Waals surface area contributed by atoms with Crippen LogP contribution in [0.3, 0.4) is 0 Å². The van der Waals surface area contributed by atoms with Crippen LogP contribution >= 0.6 is 15.9 Å². The van der Waals surface area contributed by atoms with Crippen molar-refractivity contribution in [2.75, 3.05) is 5.33 Å². The maximum absolute atomic E-state index is 13.3. The van der Waals surface area contributed by atoms with Gasteiger partial charge >= 0.3 is 0 Å². The molecule has 0 aromatic heterocycles. The zero-order valence-corrected chi connectivity index (χ0v) is 8.79. The predicted octanol–water partition coefficient (Wildman–Crippen LogP) is 2.33. The topological polar surface area (TPSA) is 29.4 Å². The minimum Gasteiger partial charge on any atom is -0.267 e. The van der Waals surface area contributed by atoms with Crippen molar-refractivity contribution in [3.05, 3.63) is 35.7 Å². The van der Waals surface area contributed by atoms with Crippen molar-refractivity contribution < 1.29 is 9.18 Å². The van der Waals surface area contributed by atoms with Gasteiger partial charge in [0.1, 0.15) is 5.83 Å². The summed E-state index contributed by atoms with van der Waals surface area (Å²) in [7, 11) is 0. The van der Waals surface area contributed by atoms with Crippen LogP contribution in [0.15, 0.2) is 40.7 Å². The molecule has 1 atom stereocenters. The molecule has 0 saturated carbocycles. The molecule has 0 radical (unpaired) electrons. The van der Waals surface area contributed by atoms with E-state index < -0.39 is 5.83 Å². The molecule has 0 saturated heterocycles. The number of allylic oxidation sites excluding steroid dienone is 5. The molecule has 14 heavy (non-hydrogen) atoms. The maximum atomic E-state index is 13.3. The van der Waals surface area contributed by atoms with Crippen molar-refractivity contribution in [2.24, 2.45) is 10.9 Å². The molecule has 2 aliphatic rings. The molecule has 1 aliphatic carbocycles. The highest BCUT2D eigenvalue weighted by atomic mass is 79.9. The fraction of sp³-hybridized carbons (Fsp3) is 0.200. The Labute approximate surface area is 89.0 Å². The predicted molar refractivity (Wildman–Crippen MR) is 56.1 cm³/mol. The number of alkyl halides is 1. The Morgan fingerprint density at radius 1 is 1.57 bits per heavy atom. The van der Waals surface area contributed by atoms with Gasteiger partial charge in [-0.1, -0.05) is 28.1 Å². The SMILES string of the molecule is O=C1C=C(CBr)C2C=CC=C(F)C2=N1. The molecule has 1 amide bonds. The second kappa shape index (κ2) is 3.61. The summed E-state index contributed by atoms with van der Waals surface area (Å²) in [6.45, 7) is 0. The number of amides is 1. The van der Waals surface area contributed by atoms with E-state index in [9.17, 15) is 9.18 Å². The lowest BCUT2D eigenvalue weighted by Gasteiger charge is -2.21. The van der Waals surface area contributed by atoms with Crippen LogP contribution in [0.4, 0.5) is 4.39 Å². The van der Waals surface area contributed by atoms with Gasteiger partial charge in [-0.2, -0.15) is 0 Å². The van der Waals surface area contributed by atoms with E-state index in [-0.39, 0.29) is 17.5 Å². The number of carbonyl (C=O) groups is 1. The van der Waals surface area contributed by atoms with Crippen molar-refractivity contribution in [2.45, 2.75) is 0 Å². The van der Waals surface area contributed by atoms with E-state index in [0.717, 1.165) is 5.57 Å². The third-order valence-electron chi connectivity index (χ3n) is 2.18. The molecule has 1 heterocycles. The third-order valence-corrected chi connectivity index (χ3v) is 2.83. The van der Waals surface area contributed by atoms with E-state index in [1.807, 2.05) is 6.08 Å². The third kappa shape index (κ3) is 1.50. The van der Waals surface area contributed by atoms with E-state index >= 15 is 0 Å². The first-order valence-electron chi connectivity index (χ1n) is 4.15. The molecule has 4 heteroatoms. The van der Waals surface area contributed by atoms with Gasteiger partial charge in [0.2, 0.25) is 0 Å². The average molecular weight is 256 g/mol. The van der Waals surface area contributed by atoms with Gasteiger partial charge in [-0.05, 0) is 11.6 Å². The number of aliphatic imine (C=N–C) groups is 1. The number of hydrogen-bond acceptors (Lipinski definition) is 1. The van der Waals surface area contributed by atoms with Crippen LogP contribution in [0.5, 0.6) is 0 Å². The van der Waals surface area contributed by atoms with Crippen LogP contribution in [-0.2, 0) is 4.79 Å². The number of dihydropyridines is 1. The molecule has 1 unspecified atom stereocenters.